The van der Waals surface area contributed by atoms with E-state index in [1.165, 1.54) is 5.56 Å². The van der Waals surface area contributed by atoms with Crippen molar-refractivity contribution in [3.05, 3.63) is 94.1 Å². The highest BCUT2D eigenvalue weighted by molar-refractivity contribution is 9.10. The van der Waals surface area contributed by atoms with E-state index in [9.17, 15) is 9.90 Å². The molecule has 1 atom stereocenters. The first kappa shape index (κ1) is 30.6. The van der Waals surface area contributed by atoms with Gasteiger partial charge in [0.15, 0.2) is 0 Å². The van der Waals surface area contributed by atoms with Crippen LogP contribution >= 0.6 is 27.7 Å². The minimum absolute atomic E-state index is 0.159. The second-order valence-electron chi connectivity index (χ2n) is 10.5. The normalized spacial score (nSPS) is 15.1. The van der Waals surface area contributed by atoms with E-state index in [1.807, 2.05) is 50.4 Å². The molecule has 1 aromatic heterocycles. The van der Waals surface area contributed by atoms with Gasteiger partial charge in [-0.1, -0.05) is 48.5 Å². The molecule has 5 rings (SSSR count). The number of esters is 1. The summed E-state index contributed by atoms with van der Waals surface area (Å²) in [4.78, 5) is 19.0. The van der Waals surface area contributed by atoms with Crippen LogP contribution in [0.2, 0.25) is 0 Å². The first-order valence-electron chi connectivity index (χ1n) is 14.4. The molecule has 3 aromatic carbocycles. The van der Waals surface area contributed by atoms with Crippen LogP contribution in [0, 0.1) is 0 Å². The first-order chi connectivity index (χ1) is 20.4. The van der Waals surface area contributed by atoms with E-state index in [4.69, 9.17) is 9.47 Å². The Morgan fingerprint density at radius 3 is 2.36 bits per heavy atom. The molecule has 222 valence electrons. The summed E-state index contributed by atoms with van der Waals surface area (Å²) in [5, 5.41) is 11.6. The molecule has 1 aliphatic heterocycles. The van der Waals surface area contributed by atoms with Gasteiger partial charge in [0, 0.05) is 68.0 Å². The van der Waals surface area contributed by atoms with Crippen LogP contribution in [0.15, 0.2) is 82.2 Å². The van der Waals surface area contributed by atoms with Crippen molar-refractivity contribution in [3.63, 3.8) is 0 Å². The number of fused-ring (bicyclic) bond motifs is 1. The van der Waals surface area contributed by atoms with Crippen molar-refractivity contribution in [2.75, 3.05) is 45.9 Å². The van der Waals surface area contributed by atoms with Crippen LogP contribution in [0.3, 0.4) is 0 Å². The third-order valence-electron chi connectivity index (χ3n) is 7.59. The lowest BCUT2D eigenvalue weighted by Gasteiger charge is -2.35. The Bertz CT molecular complexity index is 1470. The van der Waals surface area contributed by atoms with Gasteiger partial charge in [-0.3, -0.25) is 9.80 Å². The summed E-state index contributed by atoms with van der Waals surface area (Å²) in [6.45, 7) is 7.56. The fraction of sp³-hybridized carbons (Fsp3) is 0.364. The van der Waals surface area contributed by atoms with Crippen molar-refractivity contribution < 1.29 is 19.4 Å². The summed E-state index contributed by atoms with van der Waals surface area (Å²) < 4.78 is 14.4. The van der Waals surface area contributed by atoms with E-state index in [1.54, 1.807) is 11.8 Å². The number of thioether (sulfide) groups is 1. The van der Waals surface area contributed by atoms with Crippen LogP contribution in [-0.4, -0.2) is 77.5 Å². The zero-order valence-corrected chi connectivity index (χ0v) is 26.6. The van der Waals surface area contributed by atoms with Crippen molar-refractivity contribution in [2.24, 2.45) is 7.05 Å². The molecular formula is C33H38BrN3O4S. The smallest absolute Gasteiger partial charge is 0.340 e. The second kappa shape index (κ2) is 14.6. The number of β-amino-alcohol motifs (C(OH)–C–C–N with tert-alkyl or cyclic N) is 1. The lowest BCUT2D eigenvalue weighted by Crippen LogP contribution is -2.48. The summed E-state index contributed by atoms with van der Waals surface area (Å²) in [6, 6.07) is 24.5. The third-order valence-corrected chi connectivity index (χ3v) is 9.23. The molecule has 42 heavy (non-hydrogen) atoms. The molecule has 0 saturated carbocycles. The van der Waals surface area contributed by atoms with Crippen molar-refractivity contribution in [1.82, 2.24) is 14.4 Å². The van der Waals surface area contributed by atoms with Gasteiger partial charge in [-0.25, -0.2) is 4.79 Å². The maximum Gasteiger partial charge on any atom is 0.340 e. The van der Waals surface area contributed by atoms with Gasteiger partial charge < -0.3 is 19.1 Å². The van der Waals surface area contributed by atoms with Crippen molar-refractivity contribution >= 4 is 44.6 Å². The first-order valence-corrected chi connectivity index (χ1v) is 16.2. The fourth-order valence-electron chi connectivity index (χ4n) is 5.38. The Balaban J connectivity index is 1.24. The molecular weight excluding hydrogens is 614 g/mol. The lowest BCUT2D eigenvalue weighted by atomic mass is 10.1. The van der Waals surface area contributed by atoms with E-state index in [2.05, 4.69) is 66.7 Å². The molecule has 7 nitrogen and oxygen atoms in total. The highest BCUT2D eigenvalue weighted by Crippen LogP contribution is 2.37. The standard InChI is InChI=1S/C33H38BrN3O4S/c1-3-40-33(39)32-27-18-31(28(34)19-29(27)35(2)30(32)23-42-26-12-8-5-9-13-26)41-22-25(38)21-37-16-14-36(15-17-37)20-24-10-6-4-7-11-24/h4-13,18-19,25,38H,3,14-17,20-23H2,1-2H3. The van der Waals surface area contributed by atoms with Gasteiger partial charge in [-0.15, -0.1) is 11.8 Å². The number of rotatable bonds is 12. The highest BCUT2D eigenvalue weighted by atomic mass is 79.9. The average Bonchev–Trinajstić information content (AvgIpc) is 3.27. The largest absolute Gasteiger partial charge is 0.490 e. The topological polar surface area (TPSA) is 67.2 Å². The number of aryl methyl sites for hydroxylation is 1. The van der Waals surface area contributed by atoms with Gasteiger partial charge in [-0.05, 0) is 52.7 Å². The van der Waals surface area contributed by atoms with Crippen LogP contribution in [0.25, 0.3) is 10.9 Å². The van der Waals surface area contributed by atoms with Crippen LogP contribution in [0.1, 0.15) is 28.5 Å². The summed E-state index contributed by atoms with van der Waals surface area (Å²) in [5.41, 5.74) is 3.69. The van der Waals surface area contributed by atoms with Crippen molar-refractivity contribution in [2.45, 2.75) is 30.2 Å². The Morgan fingerprint density at radius 1 is 1.00 bits per heavy atom. The Kier molecular flexibility index (Phi) is 10.6. The molecule has 2 heterocycles. The molecule has 0 spiro atoms. The number of piperazine rings is 1. The van der Waals surface area contributed by atoms with Crippen LogP contribution in [0.4, 0.5) is 0 Å². The molecule has 0 amide bonds. The maximum atomic E-state index is 13.2. The van der Waals surface area contributed by atoms with E-state index in [-0.39, 0.29) is 12.6 Å². The minimum atomic E-state index is -0.633. The average molecular weight is 653 g/mol. The Morgan fingerprint density at radius 2 is 1.67 bits per heavy atom. The maximum absolute atomic E-state index is 13.2. The fourth-order valence-corrected chi connectivity index (χ4v) is 6.81. The number of ether oxygens (including phenoxy) is 2. The Labute approximate surface area is 260 Å². The summed E-state index contributed by atoms with van der Waals surface area (Å²) >= 11 is 5.33. The predicted octanol–water partition coefficient (Wildman–Crippen LogP) is 5.97. The van der Waals surface area contributed by atoms with Gasteiger partial charge in [-0.2, -0.15) is 0 Å². The van der Waals surface area contributed by atoms with Gasteiger partial charge in [0.05, 0.1) is 22.2 Å². The zero-order chi connectivity index (χ0) is 29.5. The molecule has 0 radical (unpaired) electrons. The number of hydrogen-bond donors (Lipinski definition) is 1. The van der Waals surface area contributed by atoms with Crippen LogP contribution < -0.4 is 4.74 Å². The molecule has 1 fully saturated rings. The molecule has 1 aliphatic rings. The number of carbonyl (C=O) groups is 1. The molecule has 1 N–H and O–H groups in total. The molecule has 4 aromatic rings. The van der Waals surface area contributed by atoms with Crippen molar-refractivity contribution in [3.8, 4) is 5.75 Å². The second-order valence-corrected chi connectivity index (χ2v) is 12.4. The van der Waals surface area contributed by atoms with E-state index in [0.717, 1.165) is 58.7 Å². The van der Waals surface area contributed by atoms with Crippen molar-refractivity contribution in [1.29, 1.82) is 0 Å². The monoisotopic (exact) mass is 651 g/mol. The van der Waals surface area contributed by atoms with E-state index in [0.29, 0.717) is 30.2 Å². The highest BCUT2D eigenvalue weighted by Gasteiger charge is 2.25. The summed E-state index contributed by atoms with van der Waals surface area (Å²) in [7, 11) is 1.97. The van der Waals surface area contributed by atoms with E-state index >= 15 is 0 Å². The Hall–Kier alpha value is -2.82. The zero-order valence-electron chi connectivity index (χ0n) is 24.2. The molecule has 1 unspecified atom stereocenters. The summed E-state index contributed by atoms with van der Waals surface area (Å²) in [6.07, 6.45) is -0.633. The molecule has 9 heteroatoms. The SMILES string of the molecule is CCOC(=O)c1c(CSc2ccccc2)n(C)c2cc(Br)c(OCC(O)CN3CCN(Cc4ccccc4)CC3)cc12. The van der Waals surface area contributed by atoms with Crippen LogP contribution in [0.5, 0.6) is 5.75 Å². The van der Waals surface area contributed by atoms with Gasteiger partial charge in [0.25, 0.3) is 0 Å². The van der Waals surface area contributed by atoms with Crippen LogP contribution in [-0.2, 0) is 24.1 Å². The number of nitrogens with zero attached hydrogens (tertiary/aromatic N) is 3. The van der Waals surface area contributed by atoms with Gasteiger partial charge in [0.1, 0.15) is 18.5 Å². The predicted molar refractivity (Wildman–Crippen MR) is 172 cm³/mol. The quantitative estimate of drug-likeness (QED) is 0.150. The van der Waals surface area contributed by atoms with Gasteiger partial charge >= 0.3 is 5.97 Å². The number of halogens is 1. The number of aliphatic hydroxyl groups excluding tert-OH is 1. The van der Waals surface area contributed by atoms with E-state index < -0.39 is 6.10 Å². The van der Waals surface area contributed by atoms with Gasteiger partial charge in [0.2, 0.25) is 0 Å². The molecule has 0 bridgehead atoms. The third kappa shape index (κ3) is 7.57. The molecule has 1 saturated heterocycles. The molecule has 0 aliphatic carbocycles. The summed E-state index contributed by atoms with van der Waals surface area (Å²) in [5.74, 6) is 0.869. The number of benzene rings is 3. The minimum Gasteiger partial charge on any atom is -0.490 e. The number of aliphatic hydroxyl groups is 1. The number of hydrogen-bond acceptors (Lipinski definition) is 7. The number of carbonyl (C=O) groups excluding carboxylic acids is 1. The number of aromatic nitrogens is 1. The lowest BCUT2D eigenvalue weighted by molar-refractivity contribution is 0.0444.